The highest BCUT2D eigenvalue weighted by Gasteiger charge is 2.51. The van der Waals surface area contributed by atoms with Crippen molar-refractivity contribution in [1.82, 2.24) is 14.1 Å². The van der Waals surface area contributed by atoms with Gasteiger partial charge in [-0.3, -0.25) is 33.3 Å². The van der Waals surface area contributed by atoms with Crippen LogP contribution in [0.25, 0.3) is 0 Å². The van der Waals surface area contributed by atoms with Crippen LogP contribution in [0.15, 0.2) is 46.2 Å². The third kappa shape index (κ3) is 5.71. The van der Waals surface area contributed by atoms with Crippen LogP contribution in [0.1, 0.15) is 32.7 Å². The van der Waals surface area contributed by atoms with E-state index in [1.807, 2.05) is 0 Å². The van der Waals surface area contributed by atoms with E-state index in [1.165, 1.54) is 19.3 Å². The van der Waals surface area contributed by atoms with E-state index < -0.39 is 53.7 Å². The number of esters is 3. The second-order valence-electron chi connectivity index (χ2n) is 7.27. The smallest absolute Gasteiger partial charge is 0.333 e. The first kappa shape index (κ1) is 23.9. The van der Waals surface area contributed by atoms with Crippen molar-refractivity contribution in [3.63, 3.8) is 0 Å². The molecule has 12 nitrogen and oxygen atoms in total. The summed E-state index contributed by atoms with van der Waals surface area (Å²) in [5.41, 5.74) is -0.856. The van der Waals surface area contributed by atoms with E-state index in [0.29, 0.717) is 5.69 Å². The molecular weight excluding hydrogens is 438 g/mol. The number of nitrogens with zero attached hydrogens (tertiary/aromatic N) is 3. The highest BCUT2D eigenvalue weighted by atomic mass is 16.7. The molecule has 1 aliphatic heterocycles. The van der Waals surface area contributed by atoms with Crippen molar-refractivity contribution in [2.45, 2.75) is 51.9 Å². The Balaban J connectivity index is 2.02. The Morgan fingerprint density at radius 3 is 2.30 bits per heavy atom. The number of ether oxygens (including phenoxy) is 4. The van der Waals surface area contributed by atoms with Gasteiger partial charge in [0.25, 0.3) is 5.56 Å². The molecule has 1 saturated heterocycles. The van der Waals surface area contributed by atoms with Gasteiger partial charge in [0.05, 0.1) is 12.2 Å². The molecule has 12 heteroatoms. The van der Waals surface area contributed by atoms with Gasteiger partial charge in [0, 0.05) is 39.2 Å². The van der Waals surface area contributed by atoms with E-state index in [2.05, 4.69) is 4.98 Å². The third-order valence-electron chi connectivity index (χ3n) is 4.76. The second kappa shape index (κ2) is 10.2. The minimum Gasteiger partial charge on any atom is -0.463 e. The molecule has 4 atom stereocenters. The van der Waals surface area contributed by atoms with Gasteiger partial charge in [-0.05, 0) is 12.1 Å². The summed E-state index contributed by atoms with van der Waals surface area (Å²) in [4.78, 5) is 64.4. The second-order valence-corrected chi connectivity index (χ2v) is 7.27. The van der Waals surface area contributed by atoms with Gasteiger partial charge in [-0.1, -0.05) is 6.07 Å². The van der Waals surface area contributed by atoms with Gasteiger partial charge in [0.1, 0.15) is 12.7 Å². The van der Waals surface area contributed by atoms with Crippen LogP contribution in [0.3, 0.4) is 0 Å². The zero-order chi connectivity index (χ0) is 24.1. The molecule has 0 amide bonds. The lowest BCUT2D eigenvalue weighted by Crippen LogP contribution is -2.45. The molecule has 33 heavy (non-hydrogen) atoms. The molecule has 2 aromatic rings. The summed E-state index contributed by atoms with van der Waals surface area (Å²) in [6.07, 6.45) is -1.98. The maximum absolute atomic E-state index is 13.2. The van der Waals surface area contributed by atoms with Crippen molar-refractivity contribution < 1.29 is 33.3 Å². The maximum Gasteiger partial charge on any atom is 0.333 e. The van der Waals surface area contributed by atoms with E-state index in [9.17, 15) is 24.0 Å². The predicted molar refractivity (Wildman–Crippen MR) is 110 cm³/mol. The molecule has 0 aromatic carbocycles. The SMILES string of the molecule is CC(=O)OCC1OC(n2ccc(=O)n(Cc3ccccn3)c2=O)C(OC(C)=O)C1OC(C)=O. The van der Waals surface area contributed by atoms with E-state index in [1.54, 1.807) is 18.2 Å². The Labute approximate surface area is 187 Å². The molecular formula is C21H23N3O9. The van der Waals surface area contributed by atoms with E-state index in [0.717, 1.165) is 29.0 Å². The van der Waals surface area contributed by atoms with Crippen LogP contribution in [-0.2, 0) is 39.9 Å². The number of rotatable bonds is 7. The Bertz CT molecular complexity index is 1140. The standard InChI is InChI=1S/C21H23N3O9/c1-12(25)30-11-16-18(31-13(2)26)19(32-14(3)27)20(33-16)23-9-7-17(28)24(21(23)29)10-15-6-4-5-8-22-15/h4-9,16,18-20H,10-11H2,1-3H3. The first-order valence-corrected chi connectivity index (χ1v) is 10.0. The van der Waals surface area contributed by atoms with E-state index >= 15 is 0 Å². The zero-order valence-electron chi connectivity index (χ0n) is 18.2. The van der Waals surface area contributed by atoms with Crippen molar-refractivity contribution in [1.29, 1.82) is 0 Å². The molecule has 0 bridgehead atoms. The highest BCUT2D eigenvalue weighted by molar-refractivity contribution is 5.68. The van der Waals surface area contributed by atoms with Gasteiger partial charge < -0.3 is 18.9 Å². The molecule has 0 radical (unpaired) electrons. The fourth-order valence-electron chi connectivity index (χ4n) is 3.44. The summed E-state index contributed by atoms with van der Waals surface area (Å²) < 4.78 is 23.4. The number of pyridine rings is 1. The number of aromatic nitrogens is 3. The largest absolute Gasteiger partial charge is 0.463 e. The topological polar surface area (TPSA) is 145 Å². The average molecular weight is 461 g/mol. The Hall–Kier alpha value is -3.80. The van der Waals surface area contributed by atoms with E-state index in [-0.39, 0.29) is 13.2 Å². The molecule has 0 saturated carbocycles. The summed E-state index contributed by atoms with van der Waals surface area (Å²) in [7, 11) is 0. The lowest BCUT2D eigenvalue weighted by atomic mass is 10.1. The zero-order valence-corrected chi connectivity index (χ0v) is 18.2. The highest BCUT2D eigenvalue weighted by Crippen LogP contribution is 2.33. The van der Waals surface area contributed by atoms with Crippen molar-refractivity contribution >= 4 is 17.9 Å². The molecule has 3 rings (SSSR count). The summed E-state index contributed by atoms with van der Waals surface area (Å²) in [6.45, 7) is 3.07. The van der Waals surface area contributed by atoms with Gasteiger partial charge in [-0.15, -0.1) is 0 Å². The molecule has 2 aromatic heterocycles. The number of hydrogen-bond donors (Lipinski definition) is 0. The monoisotopic (exact) mass is 461 g/mol. The predicted octanol–water partition coefficient (Wildman–Crippen LogP) is -0.223. The van der Waals surface area contributed by atoms with Gasteiger partial charge in [-0.25, -0.2) is 4.79 Å². The maximum atomic E-state index is 13.2. The van der Waals surface area contributed by atoms with Crippen LogP contribution in [0.4, 0.5) is 0 Å². The molecule has 1 fully saturated rings. The lowest BCUT2D eigenvalue weighted by Gasteiger charge is -2.24. The summed E-state index contributed by atoms with van der Waals surface area (Å²) >= 11 is 0. The van der Waals surface area contributed by atoms with Crippen LogP contribution in [-0.4, -0.2) is 56.9 Å². The summed E-state index contributed by atoms with van der Waals surface area (Å²) in [6, 6.07) is 6.22. The average Bonchev–Trinajstić information content (AvgIpc) is 3.06. The molecule has 1 aliphatic rings. The minimum atomic E-state index is -1.26. The summed E-state index contributed by atoms with van der Waals surface area (Å²) in [5, 5.41) is 0. The van der Waals surface area contributed by atoms with Crippen LogP contribution < -0.4 is 11.2 Å². The first-order chi connectivity index (χ1) is 15.7. The molecule has 3 heterocycles. The number of carbonyl (C=O) groups is 3. The Kier molecular flexibility index (Phi) is 7.38. The molecule has 0 aliphatic carbocycles. The van der Waals surface area contributed by atoms with Gasteiger partial charge in [-0.2, -0.15) is 0 Å². The van der Waals surface area contributed by atoms with Crippen LogP contribution in [0.5, 0.6) is 0 Å². The van der Waals surface area contributed by atoms with Gasteiger partial charge >= 0.3 is 23.6 Å². The minimum absolute atomic E-state index is 0.103. The lowest BCUT2D eigenvalue weighted by molar-refractivity contribution is -0.166. The fraction of sp³-hybridized carbons (Fsp3) is 0.429. The van der Waals surface area contributed by atoms with Crippen molar-refractivity contribution in [3.8, 4) is 0 Å². The quantitative estimate of drug-likeness (QED) is 0.401. The fourth-order valence-corrected chi connectivity index (χ4v) is 3.44. The normalized spacial score (nSPS) is 21.9. The third-order valence-corrected chi connectivity index (χ3v) is 4.76. The van der Waals surface area contributed by atoms with Gasteiger partial charge in [0.15, 0.2) is 18.4 Å². The Morgan fingerprint density at radius 1 is 1.00 bits per heavy atom. The molecule has 176 valence electrons. The molecule has 0 spiro atoms. The first-order valence-electron chi connectivity index (χ1n) is 10.0. The Morgan fingerprint density at radius 2 is 1.70 bits per heavy atom. The molecule has 0 N–H and O–H groups in total. The number of hydrogen-bond acceptors (Lipinski definition) is 10. The molecule has 4 unspecified atom stereocenters. The van der Waals surface area contributed by atoms with Crippen molar-refractivity contribution in [2.75, 3.05) is 6.61 Å². The van der Waals surface area contributed by atoms with Crippen LogP contribution in [0.2, 0.25) is 0 Å². The van der Waals surface area contributed by atoms with Crippen molar-refractivity contribution in [2.24, 2.45) is 0 Å². The van der Waals surface area contributed by atoms with Crippen LogP contribution in [0, 0.1) is 0 Å². The number of carbonyl (C=O) groups excluding carboxylic acids is 3. The summed E-state index contributed by atoms with van der Waals surface area (Å²) in [5.74, 6) is -2.01. The van der Waals surface area contributed by atoms with E-state index in [4.69, 9.17) is 18.9 Å². The van der Waals surface area contributed by atoms with Crippen LogP contribution >= 0.6 is 0 Å². The van der Waals surface area contributed by atoms with Gasteiger partial charge in [0.2, 0.25) is 0 Å². The van der Waals surface area contributed by atoms with Crippen molar-refractivity contribution in [3.05, 3.63) is 63.2 Å².